The Morgan fingerprint density at radius 3 is 2.42 bits per heavy atom. The van der Waals surface area contributed by atoms with Crippen molar-refractivity contribution in [3.05, 3.63) is 60.2 Å². The highest BCUT2D eigenvalue weighted by atomic mass is 35.7. The van der Waals surface area contributed by atoms with Gasteiger partial charge in [0.15, 0.2) is 0 Å². The van der Waals surface area contributed by atoms with Crippen LogP contribution in [0.5, 0.6) is 5.75 Å². The molecule has 100 valence electrons. The largest absolute Gasteiger partial charge is 0.493 e. The lowest BCUT2D eigenvalue weighted by Gasteiger charge is -2.07. The van der Waals surface area contributed by atoms with Gasteiger partial charge in [-0.25, -0.2) is 8.42 Å². The monoisotopic (exact) mass is 296 g/mol. The van der Waals surface area contributed by atoms with E-state index in [0.717, 1.165) is 6.42 Å². The van der Waals surface area contributed by atoms with Crippen LogP contribution in [0.3, 0.4) is 0 Å². The molecule has 0 saturated heterocycles. The molecule has 2 aromatic rings. The second-order valence-electron chi connectivity index (χ2n) is 4.00. The average molecular weight is 297 g/mol. The van der Waals surface area contributed by atoms with E-state index < -0.39 is 9.05 Å². The van der Waals surface area contributed by atoms with Crippen molar-refractivity contribution in [1.82, 2.24) is 0 Å². The molecule has 0 aliphatic carbocycles. The van der Waals surface area contributed by atoms with Gasteiger partial charge in [-0.3, -0.25) is 0 Å². The first-order valence-electron chi connectivity index (χ1n) is 5.77. The summed E-state index contributed by atoms with van der Waals surface area (Å²) in [5.41, 5.74) is 1.17. The Hall–Kier alpha value is -1.52. The summed E-state index contributed by atoms with van der Waals surface area (Å²) >= 11 is 0. The van der Waals surface area contributed by atoms with Gasteiger partial charge in [-0.2, -0.15) is 0 Å². The molecular formula is C14H13ClO3S. The third-order valence-corrected chi connectivity index (χ3v) is 3.94. The summed E-state index contributed by atoms with van der Waals surface area (Å²) in [4.78, 5) is 0.0476. The Labute approximate surface area is 117 Å². The predicted molar refractivity (Wildman–Crippen MR) is 75.1 cm³/mol. The van der Waals surface area contributed by atoms with Crippen molar-refractivity contribution in [3.63, 3.8) is 0 Å². The van der Waals surface area contributed by atoms with E-state index in [4.69, 9.17) is 15.4 Å². The number of benzene rings is 2. The molecule has 5 heteroatoms. The number of ether oxygens (including phenoxy) is 1. The van der Waals surface area contributed by atoms with Gasteiger partial charge in [0.25, 0.3) is 9.05 Å². The van der Waals surface area contributed by atoms with Crippen molar-refractivity contribution < 1.29 is 13.2 Å². The Balaban J connectivity index is 1.97. The van der Waals surface area contributed by atoms with Gasteiger partial charge in [-0.15, -0.1) is 0 Å². The lowest BCUT2D eigenvalue weighted by atomic mass is 10.2. The van der Waals surface area contributed by atoms with Gasteiger partial charge in [0.05, 0.1) is 11.5 Å². The van der Waals surface area contributed by atoms with Crippen LogP contribution in [0.2, 0.25) is 0 Å². The molecule has 0 aromatic heterocycles. The van der Waals surface area contributed by atoms with Crippen LogP contribution >= 0.6 is 10.7 Å². The minimum absolute atomic E-state index is 0.0476. The molecule has 0 N–H and O–H groups in total. The first-order valence-corrected chi connectivity index (χ1v) is 8.08. The van der Waals surface area contributed by atoms with Crippen LogP contribution in [0.1, 0.15) is 5.56 Å². The third-order valence-electron chi connectivity index (χ3n) is 2.59. The Bertz CT molecular complexity index is 639. The number of halogens is 1. The molecule has 0 bridgehead atoms. The van der Waals surface area contributed by atoms with E-state index >= 15 is 0 Å². The molecule has 0 saturated carbocycles. The van der Waals surface area contributed by atoms with E-state index in [9.17, 15) is 8.42 Å². The molecule has 0 aliphatic rings. The van der Waals surface area contributed by atoms with Crippen molar-refractivity contribution in [2.24, 2.45) is 0 Å². The predicted octanol–water partition coefficient (Wildman–Crippen LogP) is 3.24. The molecular weight excluding hydrogens is 284 g/mol. The molecule has 0 amide bonds. The highest BCUT2D eigenvalue weighted by Gasteiger charge is 2.10. The highest BCUT2D eigenvalue weighted by Crippen LogP contribution is 2.20. The van der Waals surface area contributed by atoms with Crippen LogP contribution in [0.4, 0.5) is 0 Å². The van der Waals surface area contributed by atoms with E-state index in [1.54, 1.807) is 12.1 Å². The zero-order chi connectivity index (χ0) is 13.7. The van der Waals surface area contributed by atoms with Crippen LogP contribution in [-0.4, -0.2) is 15.0 Å². The van der Waals surface area contributed by atoms with Gasteiger partial charge in [-0.05, 0) is 17.7 Å². The number of hydrogen-bond acceptors (Lipinski definition) is 3. The van der Waals surface area contributed by atoms with E-state index in [-0.39, 0.29) is 4.90 Å². The topological polar surface area (TPSA) is 43.4 Å². The molecule has 19 heavy (non-hydrogen) atoms. The second-order valence-corrected chi connectivity index (χ2v) is 6.56. The van der Waals surface area contributed by atoms with Gasteiger partial charge >= 0.3 is 0 Å². The van der Waals surface area contributed by atoms with Crippen molar-refractivity contribution in [3.8, 4) is 5.75 Å². The van der Waals surface area contributed by atoms with Crippen LogP contribution in [0.25, 0.3) is 0 Å². The van der Waals surface area contributed by atoms with E-state index in [0.29, 0.717) is 12.4 Å². The first kappa shape index (κ1) is 13.9. The number of rotatable bonds is 5. The second kappa shape index (κ2) is 6.08. The van der Waals surface area contributed by atoms with Crippen LogP contribution in [-0.2, 0) is 15.5 Å². The first-order chi connectivity index (χ1) is 9.05. The summed E-state index contributed by atoms with van der Waals surface area (Å²) in [7, 11) is 1.57. The summed E-state index contributed by atoms with van der Waals surface area (Å²) in [5.74, 6) is 0.498. The maximum absolute atomic E-state index is 11.2. The average Bonchev–Trinajstić information content (AvgIpc) is 2.39. The molecule has 0 heterocycles. The minimum Gasteiger partial charge on any atom is -0.493 e. The molecule has 2 aromatic carbocycles. The van der Waals surface area contributed by atoms with Gasteiger partial charge in [0.2, 0.25) is 0 Å². The third kappa shape index (κ3) is 4.26. The summed E-state index contributed by atoms with van der Waals surface area (Å²) in [6.07, 6.45) is 0.763. The zero-order valence-electron chi connectivity index (χ0n) is 10.1. The fraction of sp³-hybridized carbons (Fsp3) is 0.143. The van der Waals surface area contributed by atoms with Crippen molar-refractivity contribution in [2.75, 3.05) is 6.61 Å². The van der Waals surface area contributed by atoms with Crippen molar-refractivity contribution >= 4 is 19.7 Å². The van der Waals surface area contributed by atoms with Gasteiger partial charge in [0, 0.05) is 23.2 Å². The lowest BCUT2D eigenvalue weighted by molar-refractivity contribution is 0.321. The summed E-state index contributed by atoms with van der Waals surface area (Å²) in [6, 6.07) is 16.1. The minimum atomic E-state index is -3.71. The maximum atomic E-state index is 11.2. The molecule has 2 rings (SSSR count). The van der Waals surface area contributed by atoms with Crippen molar-refractivity contribution in [2.45, 2.75) is 11.3 Å². The van der Waals surface area contributed by atoms with Gasteiger partial charge in [0.1, 0.15) is 5.75 Å². The molecule has 3 nitrogen and oxygen atoms in total. The standard InChI is InChI=1S/C14H13ClO3S/c15-19(16,17)14-8-4-7-13(11-14)18-10-9-12-5-2-1-3-6-12/h1-8,11H,9-10H2. The van der Waals surface area contributed by atoms with Crippen LogP contribution in [0, 0.1) is 0 Å². The molecule has 0 unspecified atom stereocenters. The van der Waals surface area contributed by atoms with E-state index in [1.807, 2.05) is 30.3 Å². The van der Waals surface area contributed by atoms with Gasteiger partial charge < -0.3 is 4.74 Å². The van der Waals surface area contributed by atoms with E-state index in [1.165, 1.54) is 17.7 Å². The van der Waals surface area contributed by atoms with E-state index in [2.05, 4.69) is 0 Å². The Morgan fingerprint density at radius 1 is 1.00 bits per heavy atom. The summed E-state index contributed by atoms with van der Waals surface area (Å²) in [5, 5.41) is 0. The lowest BCUT2D eigenvalue weighted by Crippen LogP contribution is -2.01. The molecule has 0 fully saturated rings. The molecule has 0 spiro atoms. The van der Waals surface area contributed by atoms with Crippen molar-refractivity contribution in [1.29, 1.82) is 0 Å². The summed E-state index contributed by atoms with van der Waals surface area (Å²) in [6.45, 7) is 0.482. The normalized spacial score (nSPS) is 11.2. The Kier molecular flexibility index (Phi) is 4.45. The van der Waals surface area contributed by atoms with Crippen LogP contribution in [0.15, 0.2) is 59.5 Å². The fourth-order valence-electron chi connectivity index (χ4n) is 1.65. The fourth-order valence-corrected chi connectivity index (χ4v) is 2.43. The zero-order valence-corrected chi connectivity index (χ0v) is 11.7. The molecule has 0 aliphatic heterocycles. The maximum Gasteiger partial charge on any atom is 0.261 e. The summed E-state index contributed by atoms with van der Waals surface area (Å²) < 4.78 is 27.9. The quantitative estimate of drug-likeness (QED) is 0.796. The number of hydrogen-bond donors (Lipinski definition) is 0. The molecule has 0 radical (unpaired) electrons. The van der Waals surface area contributed by atoms with Gasteiger partial charge in [-0.1, -0.05) is 36.4 Å². The highest BCUT2D eigenvalue weighted by molar-refractivity contribution is 8.13. The Morgan fingerprint density at radius 2 is 1.74 bits per heavy atom. The smallest absolute Gasteiger partial charge is 0.261 e. The van der Waals surface area contributed by atoms with Crippen LogP contribution < -0.4 is 4.74 Å². The molecule has 0 atom stereocenters. The SMILES string of the molecule is O=S(=O)(Cl)c1cccc(OCCc2ccccc2)c1.